The minimum absolute atomic E-state index is 0.0360. The number of carboxylic acid groups (broad SMARTS) is 1. The van der Waals surface area contributed by atoms with Gasteiger partial charge in [0.2, 0.25) is 0 Å². The molecule has 1 aromatic carbocycles. The molecule has 0 bridgehead atoms. The van der Waals surface area contributed by atoms with E-state index in [0.717, 1.165) is 6.42 Å². The lowest BCUT2D eigenvalue weighted by Crippen LogP contribution is -2.39. The first-order valence-corrected chi connectivity index (χ1v) is 6.39. The summed E-state index contributed by atoms with van der Waals surface area (Å²) < 4.78 is 0. The summed E-state index contributed by atoms with van der Waals surface area (Å²) in [5.74, 6) is -0.769. The molecule has 0 spiro atoms. The van der Waals surface area contributed by atoms with Crippen LogP contribution in [0.25, 0.3) is 6.08 Å². The normalized spacial score (nSPS) is 19.2. The molecule has 0 aromatic heterocycles. The molecule has 2 N–H and O–H groups in total. The van der Waals surface area contributed by atoms with E-state index in [1.165, 1.54) is 16.7 Å². The van der Waals surface area contributed by atoms with Gasteiger partial charge < -0.3 is 5.11 Å². The van der Waals surface area contributed by atoms with Crippen LogP contribution < -0.4 is 5.32 Å². The second-order valence-corrected chi connectivity index (χ2v) is 4.80. The average molecular weight is 245 g/mol. The average Bonchev–Trinajstić information content (AvgIpc) is 2.65. The second kappa shape index (κ2) is 5.36. The van der Waals surface area contributed by atoms with Crippen LogP contribution in [-0.2, 0) is 4.79 Å². The number of carbonyl (C=O) groups is 1. The Kier molecular flexibility index (Phi) is 3.82. The zero-order valence-corrected chi connectivity index (χ0v) is 10.8. The quantitative estimate of drug-likeness (QED) is 0.838. The molecular weight excluding hydrogens is 226 g/mol. The lowest BCUT2D eigenvalue weighted by molar-refractivity contribution is -0.139. The standard InChI is InChI=1S/C15H19NO2/c1-3-6-13(15(17)18)16-14-10(2)9-11-7-4-5-8-12(11)14/h4-5,7-9,13-14,16H,3,6H2,1-2H3,(H,17,18). The number of hydrogen-bond donors (Lipinski definition) is 2. The van der Waals surface area contributed by atoms with Crippen molar-refractivity contribution in [2.75, 3.05) is 0 Å². The molecule has 2 rings (SSSR count). The fraction of sp³-hybridized carbons (Fsp3) is 0.400. The van der Waals surface area contributed by atoms with Gasteiger partial charge in [0.15, 0.2) is 0 Å². The fourth-order valence-corrected chi connectivity index (χ4v) is 2.47. The van der Waals surface area contributed by atoms with Crippen LogP contribution >= 0.6 is 0 Å². The van der Waals surface area contributed by atoms with Crippen molar-refractivity contribution in [2.24, 2.45) is 0 Å². The molecule has 0 amide bonds. The molecule has 2 unspecified atom stereocenters. The van der Waals surface area contributed by atoms with Crippen LogP contribution in [0, 0.1) is 0 Å². The number of aliphatic carboxylic acids is 1. The third kappa shape index (κ3) is 2.46. The minimum Gasteiger partial charge on any atom is -0.480 e. The summed E-state index contributed by atoms with van der Waals surface area (Å²) in [6, 6.07) is 7.69. The summed E-state index contributed by atoms with van der Waals surface area (Å²) in [4.78, 5) is 11.2. The van der Waals surface area contributed by atoms with E-state index in [2.05, 4.69) is 23.5 Å². The molecule has 0 fully saturated rings. The summed E-state index contributed by atoms with van der Waals surface area (Å²) in [6.45, 7) is 4.05. The van der Waals surface area contributed by atoms with Crippen molar-refractivity contribution >= 4 is 12.0 Å². The van der Waals surface area contributed by atoms with Crippen molar-refractivity contribution in [3.63, 3.8) is 0 Å². The highest BCUT2D eigenvalue weighted by Gasteiger charge is 2.27. The van der Waals surface area contributed by atoms with Crippen LogP contribution in [-0.4, -0.2) is 17.1 Å². The van der Waals surface area contributed by atoms with Gasteiger partial charge in [0.1, 0.15) is 6.04 Å². The molecule has 0 aliphatic heterocycles. The van der Waals surface area contributed by atoms with E-state index in [1.807, 2.05) is 26.0 Å². The van der Waals surface area contributed by atoms with Gasteiger partial charge in [-0.25, -0.2) is 0 Å². The Balaban J connectivity index is 2.19. The lowest BCUT2D eigenvalue weighted by Gasteiger charge is -2.21. The van der Waals surface area contributed by atoms with Gasteiger partial charge >= 0.3 is 5.97 Å². The molecule has 0 saturated carbocycles. The highest BCUT2D eigenvalue weighted by Crippen LogP contribution is 2.34. The highest BCUT2D eigenvalue weighted by molar-refractivity contribution is 5.74. The predicted octanol–water partition coefficient (Wildman–Crippen LogP) is 2.99. The molecule has 1 aromatic rings. The maximum absolute atomic E-state index is 11.2. The maximum Gasteiger partial charge on any atom is 0.320 e. The van der Waals surface area contributed by atoms with Gasteiger partial charge in [0.25, 0.3) is 0 Å². The van der Waals surface area contributed by atoms with Gasteiger partial charge in [0, 0.05) is 0 Å². The largest absolute Gasteiger partial charge is 0.480 e. The topological polar surface area (TPSA) is 49.3 Å². The lowest BCUT2D eigenvalue weighted by atomic mass is 10.0. The van der Waals surface area contributed by atoms with E-state index in [1.54, 1.807) is 0 Å². The van der Waals surface area contributed by atoms with Crippen LogP contribution in [0.1, 0.15) is 43.9 Å². The van der Waals surface area contributed by atoms with Crippen LogP contribution in [0.2, 0.25) is 0 Å². The summed E-state index contributed by atoms with van der Waals surface area (Å²) in [5.41, 5.74) is 3.55. The van der Waals surface area contributed by atoms with Crippen molar-refractivity contribution in [2.45, 2.75) is 38.8 Å². The molecule has 3 nitrogen and oxygen atoms in total. The third-order valence-corrected chi connectivity index (χ3v) is 3.39. The molecule has 18 heavy (non-hydrogen) atoms. The van der Waals surface area contributed by atoms with Crippen LogP contribution in [0.4, 0.5) is 0 Å². The molecule has 0 radical (unpaired) electrons. The highest BCUT2D eigenvalue weighted by atomic mass is 16.4. The predicted molar refractivity (Wildman–Crippen MR) is 72.3 cm³/mol. The number of rotatable bonds is 5. The van der Waals surface area contributed by atoms with Crippen LogP contribution in [0.15, 0.2) is 29.8 Å². The Morgan fingerprint density at radius 3 is 2.83 bits per heavy atom. The summed E-state index contributed by atoms with van der Waals surface area (Å²) in [7, 11) is 0. The van der Waals surface area contributed by atoms with E-state index in [9.17, 15) is 9.90 Å². The Morgan fingerprint density at radius 1 is 1.44 bits per heavy atom. The Labute approximate surface area is 108 Å². The SMILES string of the molecule is CCCC(NC1C(C)=Cc2ccccc21)C(=O)O. The molecule has 1 aliphatic rings. The van der Waals surface area contributed by atoms with Gasteiger partial charge in [-0.1, -0.05) is 49.3 Å². The molecule has 3 heteroatoms. The van der Waals surface area contributed by atoms with Crippen molar-refractivity contribution in [3.8, 4) is 0 Å². The van der Waals surface area contributed by atoms with Gasteiger partial charge in [-0.2, -0.15) is 0 Å². The minimum atomic E-state index is -0.769. The molecular formula is C15H19NO2. The van der Waals surface area contributed by atoms with Gasteiger partial charge in [-0.15, -0.1) is 0 Å². The first-order valence-electron chi connectivity index (χ1n) is 6.39. The molecule has 2 atom stereocenters. The van der Waals surface area contributed by atoms with Crippen molar-refractivity contribution in [3.05, 3.63) is 41.0 Å². The van der Waals surface area contributed by atoms with E-state index in [0.29, 0.717) is 6.42 Å². The number of hydrogen-bond acceptors (Lipinski definition) is 2. The molecule has 0 saturated heterocycles. The Bertz CT molecular complexity index is 479. The van der Waals surface area contributed by atoms with Gasteiger partial charge in [-0.3, -0.25) is 10.1 Å². The second-order valence-electron chi connectivity index (χ2n) is 4.80. The third-order valence-electron chi connectivity index (χ3n) is 3.39. The zero-order valence-electron chi connectivity index (χ0n) is 10.8. The van der Waals surface area contributed by atoms with E-state index in [4.69, 9.17) is 0 Å². The summed E-state index contributed by atoms with van der Waals surface area (Å²) in [6.07, 6.45) is 3.64. The number of fused-ring (bicyclic) bond motifs is 1. The number of carboxylic acids is 1. The molecule has 1 aliphatic carbocycles. The van der Waals surface area contributed by atoms with Gasteiger partial charge in [0.05, 0.1) is 6.04 Å². The maximum atomic E-state index is 11.2. The first-order chi connectivity index (χ1) is 8.63. The number of benzene rings is 1. The van der Waals surface area contributed by atoms with Crippen LogP contribution in [0.5, 0.6) is 0 Å². The summed E-state index contributed by atoms with van der Waals surface area (Å²) >= 11 is 0. The smallest absolute Gasteiger partial charge is 0.320 e. The first kappa shape index (κ1) is 12.8. The van der Waals surface area contributed by atoms with Crippen molar-refractivity contribution in [1.29, 1.82) is 0 Å². The Morgan fingerprint density at radius 2 is 2.17 bits per heavy atom. The van der Waals surface area contributed by atoms with Gasteiger partial charge in [-0.05, 0) is 24.5 Å². The fourth-order valence-electron chi connectivity index (χ4n) is 2.47. The summed E-state index contributed by atoms with van der Waals surface area (Å²) in [5, 5.41) is 12.5. The Hall–Kier alpha value is -1.61. The van der Waals surface area contributed by atoms with E-state index < -0.39 is 12.0 Å². The van der Waals surface area contributed by atoms with Crippen molar-refractivity contribution in [1.82, 2.24) is 5.32 Å². The number of nitrogens with one attached hydrogen (secondary N) is 1. The zero-order chi connectivity index (χ0) is 13.1. The van der Waals surface area contributed by atoms with E-state index >= 15 is 0 Å². The monoisotopic (exact) mass is 245 g/mol. The molecule has 0 heterocycles. The molecule has 96 valence electrons. The van der Waals surface area contributed by atoms with Crippen LogP contribution in [0.3, 0.4) is 0 Å². The van der Waals surface area contributed by atoms with Crippen molar-refractivity contribution < 1.29 is 9.90 Å². The van der Waals surface area contributed by atoms with E-state index in [-0.39, 0.29) is 6.04 Å².